The molecule has 3 aromatic carbocycles. The van der Waals surface area contributed by atoms with E-state index in [4.69, 9.17) is 30.5 Å². The Balaban J connectivity index is 1.26. The van der Waals surface area contributed by atoms with E-state index in [9.17, 15) is 19.5 Å². The van der Waals surface area contributed by atoms with E-state index in [1.165, 1.54) is 6.07 Å². The van der Waals surface area contributed by atoms with Crippen LogP contribution in [0.25, 0.3) is 0 Å². The van der Waals surface area contributed by atoms with Crippen molar-refractivity contribution >= 4 is 40.7 Å². The number of nitrogens with zero attached hydrogens (tertiary/aromatic N) is 1. The Morgan fingerprint density at radius 1 is 1.05 bits per heavy atom. The summed E-state index contributed by atoms with van der Waals surface area (Å²) in [6.45, 7) is 4.14. The van der Waals surface area contributed by atoms with Crippen molar-refractivity contribution < 1.29 is 38.4 Å². The van der Waals surface area contributed by atoms with Crippen LogP contribution in [0.2, 0.25) is 5.02 Å². The van der Waals surface area contributed by atoms with Crippen LogP contribution in [0.5, 0.6) is 11.5 Å². The highest BCUT2D eigenvalue weighted by Gasteiger charge is 2.39. The molecular weight excluding hydrogens is 588 g/mol. The second kappa shape index (κ2) is 12.3. The Morgan fingerprint density at radius 2 is 1.84 bits per heavy atom. The van der Waals surface area contributed by atoms with Crippen molar-refractivity contribution in [3.05, 3.63) is 93.7 Å². The predicted molar refractivity (Wildman–Crippen MR) is 162 cm³/mol. The average molecular weight is 619 g/mol. The number of ether oxygens (including phenoxy) is 4. The molecule has 0 aliphatic carbocycles. The topological polar surface area (TPSA) is 124 Å². The molecule has 0 saturated heterocycles. The number of carbonyl (C=O) groups excluding carboxylic acids is 3. The lowest BCUT2D eigenvalue weighted by Crippen LogP contribution is -2.37. The first-order valence-electron chi connectivity index (χ1n) is 14.4. The van der Waals surface area contributed by atoms with Crippen molar-refractivity contribution in [1.29, 1.82) is 0 Å². The average Bonchev–Trinajstić information content (AvgIpc) is 3.58. The molecule has 11 heteroatoms. The minimum atomic E-state index is -0.723. The number of nitrogens with one attached hydrogen (secondary N) is 1. The molecule has 3 amide bonds. The number of aliphatic hydroxyl groups excluding tert-OH is 1. The van der Waals surface area contributed by atoms with Gasteiger partial charge in [-0.1, -0.05) is 17.7 Å². The number of aryl methyl sites for hydroxylation is 1. The highest BCUT2D eigenvalue weighted by Crippen LogP contribution is 2.43. The first-order valence-corrected chi connectivity index (χ1v) is 14.8. The lowest BCUT2D eigenvalue weighted by atomic mass is 9.80. The van der Waals surface area contributed by atoms with Crippen LogP contribution in [0.3, 0.4) is 0 Å². The van der Waals surface area contributed by atoms with Crippen LogP contribution >= 0.6 is 11.6 Å². The summed E-state index contributed by atoms with van der Waals surface area (Å²) in [5, 5.41) is 12.8. The number of halogens is 1. The van der Waals surface area contributed by atoms with Crippen molar-refractivity contribution in [1.82, 2.24) is 0 Å². The molecule has 0 bridgehead atoms. The Morgan fingerprint density at radius 3 is 2.61 bits per heavy atom. The fourth-order valence-electron chi connectivity index (χ4n) is 5.87. The van der Waals surface area contributed by atoms with Gasteiger partial charge in [0.25, 0.3) is 17.7 Å². The van der Waals surface area contributed by atoms with Gasteiger partial charge in [-0.2, -0.15) is 0 Å². The lowest BCUT2D eigenvalue weighted by Gasteiger charge is -2.37. The molecule has 0 fully saturated rings. The van der Waals surface area contributed by atoms with Gasteiger partial charge in [0, 0.05) is 35.8 Å². The normalized spacial score (nSPS) is 20.3. The second-order valence-electron chi connectivity index (χ2n) is 10.7. The van der Waals surface area contributed by atoms with Crippen molar-refractivity contribution in [2.24, 2.45) is 5.92 Å². The van der Waals surface area contributed by atoms with Crippen LogP contribution in [0.15, 0.2) is 66.4 Å². The SMILES string of the molecule is CCOC1OC(C(=O)Nc2ccc(N3C(=O)c4ccc(Cl)cc4C3=O)c(C)c2)=CC(c2ccc3c(c2)OCO3)C1CCCO. The number of aliphatic hydroxyl groups is 1. The zero-order valence-electron chi connectivity index (χ0n) is 24.2. The summed E-state index contributed by atoms with van der Waals surface area (Å²) in [6.07, 6.45) is 2.20. The maximum absolute atomic E-state index is 13.6. The number of imide groups is 1. The molecule has 0 spiro atoms. The molecule has 44 heavy (non-hydrogen) atoms. The smallest absolute Gasteiger partial charge is 0.290 e. The van der Waals surface area contributed by atoms with E-state index in [1.54, 1.807) is 43.3 Å². The van der Waals surface area contributed by atoms with E-state index < -0.39 is 24.0 Å². The van der Waals surface area contributed by atoms with Gasteiger partial charge < -0.3 is 29.4 Å². The monoisotopic (exact) mass is 618 g/mol. The molecule has 6 rings (SSSR count). The van der Waals surface area contributed by atoms with Crippen LogP contribution < -0.4 is 19.7 Å². The standard InChI is InChI=1S/C33H31ClN2O8/c1-3-41-33-23(5-4-12-37)24(19-6-11-27-28(14-19)43-17-42-27)16-29(44-33)30(38)35-21-8-10-26(18(2)13-21)36-31(39)22-9-7-20(34)15-25(22)32(36)40/h6-11,13-16,23-24,33,37H,3-5,12,17H2,1-2H3,(H,35,38). The van der Waals surface area contributed by atoms with Crippen LogP contribution in [0.1, 0.15) is 57.5 Å². The van der Waals surface area contributed by atoms with Gasteiger partial charge in [-0.05, 0) is 92.4 Å². The third-order valence-corrected chi connectivity index (χ3v) is 8.20. The van der Waals surface area contributed by atoms with Crippen LogP contribution in [-0.4, -0.2) is 49.1 Å². The van der Waals surface area contributed by atoms with E-state index in [1.807, 2.05) is 25.1 Å². The maximum Gasteiger partial charge on any atom is 0.290 e. The van der Waals surface area contributed by atoms with Gasteiger partial charge in [-0.3, -0.25) is 14.4 Å². The lowest BCUT2D eigenvalue weighted by molar-refractivity contribution is -0.165. The molecule has 3 unspecified atom stereocenters. The number of amides is 3. The van der Waals surface area contributed by atoms with Gasteiger partial charge in [0.1, 0.15) is 0 Å². The largest absolute Gasteiger partial charge is 0.459 e. The highest BCUT2D eigenvalue weighted by atomic mass is 35.5. The molecule has 3 aliphatic heterocycles. The van der Waals surface area contributed by atoms with Crippen molar-refractivity contribution in [2.45, 2.75) is 38.9 Å². The highest BCUT2D eigenvalue weighted by molar-refractivity contribution is 6.37. The van der Waals surface area contributed by atoms with Gasteiger partial charge >= 0.3 is 0 Å². The van der Waals surface area contributed by atoms with E-state index >= 15 is 0 Å². The quantitative estimate of drug-likeness (QED) is 0.299. The summed E-state index contributed by atoms with van der Waals surface area (Å²) in [4.78, 5) is 40.8. The van der Waals surface area contributed by atoms with Crippen LogP contribution in [0, 0.1) is 12.8 Å². The van der Waals surface area contributed by atoms with Gasteiger partial charge in [0.05, 0.1) is 16.8 Å². The van der Waals surface area contributed by atoms with Gasteiger partial charge in [-0.25, -0.2) is 4.90 Å². The number of fused-ring (bicyclic) bond motifs is 2. The third kappa shape index (κ3) is 5.52. The number of anilines is 2. The molecule has 3 atom stereocenters. The van der Waals surface area contributed by atoms with E-state index in [0.29, 0.717) is 52.9 Å². The molecule has 3 aliphatic rings. The Labute approximate surface area is 259 Å². The Bertz CT molecular complexity index is 1670. The van der Waals surface area contributed by atoms with E-state index in [0.717, 1.165) is 10.5 Å². The minimum Gasteiger partial charge on any atom is -0.459 e. The van der Waals surface area contributed by atoms with Crippen LogP contribution in [-0.2, 0) is 14.3 Å². The molecule has 2 N–H and O–H groups in total. The van der Waals surface area contributed by atoms with Crippen molar-refractivity contribution in [3.8, 4) is 11.5 Å². The molecule has 3 heterocycles. The first kappa shape index (κ1) is 29.7. The summed E-state index contributed by atoms with van der Waals surface area (Å²) < 4.78 is 23.1. The van der Waals surface area contributed by atoms with E-state index in [-0.39, 0.29) is 42.1 Å². The fraction of sp³-hybridized carbons (Fsp3) is 0.303. The number of carbonyl (C=O) groups is 3. The van der Waals surface area contributed by atoms with Gasteiger partial charge in [0.15, 0.2) is 17.3 Å². The van der Waals surface area contributed by atoms with Crippen molar-refractivity contribution in [3.63, 3.8) is 0 Å². The summed E-state index contributed by atoms with van der Waals surface area (Å²) in [6, 6.07) is 15.2. The fourth-order valence-corrected chi connectivity index (χ4v) is 6.05. The van der Waals surface area contributed by atoms with Crippen LogP contribution in [0.4, 0.5) is 11.4 Å². The van der Waals surface area contributed by atoms with Gasteiger partial charge in [-0.15, -0.1) is 0 Å². The summed E-state index contributed by atoms with van der Waals surface area (Å²) in [5.41, 5.74) is 2.91. The molecule has 10 nitrogen and oxygen atoms in total. The number of allylic oxidation sites excluding steroid dienone is 1. The maximum atomic E-state index is 13.6. The third-order valence-electron chi connectivity index (χ3n) is 7.96. The second-order valence-corrected chi connectivity index (χ2v) is 11.2. The zero-order valence-corrected chi connectivity index (χ0v) is 24.9. The van der Waals surface area contributed by atoms with Gasteiger partial charge in [0.2, 0.25) is 13.1 Å². The zero-order chi connectivity index (χ0) is 31.0. The predicted octanol–water partition coefficient (Wildman–Crippen LogP) is 5.57. The molecule has 0 saturated carbocycles. The molecule has 3 aromatic rings. The number of hydrogen-bond donors (Lipinski definition) is 2. The Hall–Kier alpha value is -4.38. The first-order chi connectivity index (χ1) is 21.3. The summed E-state index contributed by atoms with van der Waals surface area (Å²) in [5.74, 6) is -0.452. The summed E-state index contributed by atoms with van der Waals surface area (Å²) in [7, 11) is 0. The van der Waals surface area contributed by atoms with Crippen molar-refractivity contribution in [2.75, 3.05) is 30.2 Å². The molecular formula is C33H31ClN2O8. The molecule has 0 radical (unpaired) electrons. The summed E-state index contributed by atoms with van der Waals surface area (Å²) >= 11 is 6.05. The Kier molecular flexibility index (Phi) is 8.31. The molecule has 228 valence electrons. The number of rotatable bonds is 9. The molecule has 0 aromatic heterocycles. The minimum absolute atomic E-state index is 0.0179. The number of hydrogen-bond acceptors (Lipinski definition) is 8. The number of benzene rings is 3. The van der Waals surface area contributed by atoms with E-state index in [2.05, 4.69) is 5.32 Å².